The third-order valence-corrected chi connectivity index (χ3v) is 7.74. The van der Waals surface area contributed by atoms with Gasteiger partial charge in [-0.25, -0.2) is 13.4 Å². The van der Waals surface area contributed by atoms with E-state index in [0.29, 0.717) is 27.9 Å². The highest BCUT2D eigenvalue weighted by Gasteiger charge is 2.21. The van der Waals surface area contributed by atoms with Crippen LogP contribution in [-0.2, 0) is 16.4 Å². The first-order valence-corrected chi connectivity index (χ1v) is 12.5. The van der Waals surface area contributed by atoms with Crippen LogP contribution in [0.3, 0.4) is 0 Å². The number of hydrogen-bond donors (Lipinski definition) is 1. The summed E-state index contributed by atoms with van der Waals surface area (Å²) < 4.78 is 31.0. The molecule has 34 heavy (non-hydrogen) atoms. The van der Waals surface area contributed by atoms with E-state index in [9.17, 15) is 8.42 Å². The number of nitrogens with zero attached hydrogens (tertiary/aromatic N) is 4. The number of rotatable bonds is 7. The van der Waals surface area contributed by atoms with Crippen molar-refractivity contribution < 1.29 is 14.3 Å². The van der Waals surface area contributed by atoms with Crippen molar-refractivity contribution in [1.29, 1.82) is 0 Å². The number of hydrogen-bond acceptors (Lipinski definition) is 8. The predicted molar refractivity (Wildman–Crippen MR) is 133 cm³/mol. The summed E-state index contributed by atoms with van der Waals surface area (Å²) in [5.41, 5.74) is 5.29. The fraction of sp³-hybridized carbons (Fsp3) is 0.280. The third kappa shape index (κ3) is 4.62. The molecule has 2 aromatic carbocycles. The summed E-state index contributed by atoms with van der Waals surface area (Å²) in [7, 11) is -1.46. The second-order valence-corrected chi connectivity index (χ2v) is 10.9. The Kier molecular flexibility index (Phi) is 6.58. The standard InChI is InChI=1S/C25H27N5O3S.H2/c1-15(2)34(31,32)20-10-11-21(16(3)12-20)22-14-27-17(4)23(28-22)25-30-29-24(33-25)19-8-6-18(7-9-19)13-26-5;/h6-12,14-15,26H,13H2,1-5H3;1H. The first kappa shape index (κ1) is 23.7. The molecule has 9 heteroatoms. The van der Waals surface area contributed by atoms with Crippen molar-refractivity contribution in [3.05, 3.63) is 65.5 Å². The van der Waals surface area contributed by atoms with Crippen molar-refractivity contribution in [1.82, 2.24) is 25.5 Å². The minimum absolute atomic E-state index is 0. The van der Waals surface area contributed by atoms with Gasteiger partial charge in [0.05, 0.1) is 27.7 Å². The highest BCUT2D eigenvalue weighted by molar-refractivity contribution is 7.92. The van der Waals surface area contributed by atoms with Gasteiger partial charge >= 0.3 is 0 Å². The van der Waals surface area contributed by atoms with Crippen molar-refractivity contribution in [3.8, 4) is 34.3 Å². The molecule has 8 nitrogen and oxygen atoms in total. The highest BCUT2D eigenvalue weighted by Crippen LogP contribution is 2.29. The van der Waals surface area contributed by atoms with Gasteiger partial charge in [-0.3, -0.25) is 4.98 Å². The zero-order chi connectivity index (χ0) is 24.5. The van der Waals surface area contributed by atoms with Crippen LogP contribution in [0.15, 0.2) is 58.0 Å². The van der Waals surface area contributed by atoms with E-state index in [2.05, 4.69) is 20.5 Å². The van der Waals surface area contributed by atoms with Gasteiger partial charge in [0.25, 0.3) is 5.89 Å². The number of benzene rings is 2. The van der Waals surface area contributed by atoms with Crippen molar-refractivity contribution in [2.45, 2.75) is 44.4 Å². The van der Waals surface area contributed by atoms with Crippen molar-refractivity contribution in [3.63, 3.8) is 0 Å². The molecule has 178 valence electrons. The molecule has 2 aromatic heterocycles. The Morgan fingerprint density at radius 1 is 1.03 bits per heavy atom. The van der Waals surface area contributed by atoms with Gasteiger partial charge in [0.1, 0.15) is 5.69 Å². The van der Waals surface area contributed by atoms with Crippen LogP contribution in [0.25, 0.3) is 34.3 Å². The van der Waals surface area contributed by atoms with Crippen LogP contribution < -0.4 is 5.32 Å². The molecule has 0 amide bonds. The molecule has 0 spiro atoms. The van der Waals surface area contributed by atoms with Gasteiger partial charge in [0, 0.05) is 19.1 Å². The lowest BCUT2D eigenvalue weighted by Gasteiger charge is -2.12. The van der Waals surface area contributed by atoms with E-state index in [0.717, 1.165) is 28.8 Å². The number of sulfone groups is 1. The van der Waals surface area contributed by atoms with Gasteiger partial charge in [-0.05, 0) is 70.1 Å². The first-order valence-electron chi connectivity index (χ1n) is 11.0. The Balaban J connectivity index is 0.00000342. The van der Waals surface area contributed by atoms with Gasteiger partial charge in [0.15, 0.2) is 9.84 Å². The lowest BCUT2D eigenvalue weighted by Crippen LogP contribution is -2.14. The normalized spacial score (nSPS) is 11.8. The Morgan fingerprint density at radius 2 is 1.74 bits per heavy atom. The van der Waals surface area contributed by atoms with Crippen LogP contribution >= 0.6 is 0 Å². The molecule has 2 heterocycles. The SMILES string of the molecule is CNCc1ccc(-c2nnc(-c3nc(-c4ccc(S(=O)(=O)C(C)C)cc4C)cnc3C)o2)cc1.[HH]. The lowest BCUT2D eigenvalue weighted by molar-refractivity contribution is 0.581. The summed E-state index contributed by atoms with van der Waals surface area (Å²) >= 11 is 0. The summed E-state index contributed by atoms with van der Waals surface area (Å²) in [5, 5.41) is 11.0. The first-order chi connectivity index (χ1) is 16.2. The van der Waals surface area contributed by atoms with E-state index in [1.807, 2.05) is 45.2 Å². The predicted octanol–water partition coefficient (Wildman–Crippen LogP) is 4.62. The topological polar surface area (TPSA) is 111 Å². The molecule has 0 aliphatic rings. The third-order valence-electron chi connectivity index (χ3n) is 5.59. The molecule has 4 rings (SSSR count). The number of nitrogens with one attached hydrogen (secondary N) is 1. The molecular weight excluding hydrogens is 450 g/mol. The molecular formula is C25H29N5O3S. The van der Waals surface area contributed by atoms with Crippen LogP contribution in [0.2, 0.25) is 0 Å². The summed E-state index contributed by atoms with van der Waals surface area (Å²) in [6.45, 7) is 7.81. The van der Waals surface area contributed by atoms with Gasteiger partial charge in [-0.15, -0.1) is 10.2 Å². The molecule has 0 radical (unpaired) electrons. The van der Waals surface area contributed by atoms with Crippen molar-refractivity contribution >= 4 is 9.84 Å². The summed E-state index contributed by atoms with van der Waals surface area (Å²) in [6, 6.07) is 12.9. The van der Waals surface area contributed by atoms with Crippen molar-refractivity contribution in [2.24, 2.45) is 0 Å². The molecule has 0 unspecified atom stereocenters. The molecule has 0 fully saturated rings. The van der Waals surface area contributed by atoms with Gasteiger partial charge < -0.3 is 9.73 Å². The fourth-order valence-electron chi connectivity index (χ4n) is 3.56. The van der Waals surface area contributed by atoms with Crippen LogP contribution in [0, 0.1) is 13.8 Å². The van der Waals surface area contributed by atoms with E-state index in [1.54, 1.807) is 38.2 Å². The van der Waals surface area contributed by atoms with Gasteiger partial charge in [-0.1, -0.05) is 18.2 Å². The maximum atomic E-state index is 12.5. The monoisotopic (exact) mass is 479 g/mol. The summed E-state index contributed by atoms with van der Waals surface area (Å²) in [5.74, 6) is 0.676. The Morgan fingerprint density at radius 3 is 2.38 bits per heavy atom. The molecule has 0 saturated heterocycles. The van der Waals surface area contributed by atoms with E-state index in [-0.39, 0.29) is 7.32 Å². The zero-order valence-corrected chi connectivity index (χ0v) is 20.6. The van der Waals surface area contributed by atoms with Gasteiger partial charge in [0.2, 0.25) is 5.89 Å². The highest BCUT2D eigenvalue weighted by atomic mass is 32.2. The van der Waals surface area contributed by atoms with E-state index in [1.165, 1.54) is 0 Å². The fourth-order valence-corrected chi connectivity index (χ4v) is 4.70. The summed E-state index contributed by atoms with van der Waals surface area (Å²) in [6.07, 6.45) is 1.66. The second-order valence-electron chi connectivity index (χ2n) is 8.40. The Hall–Kier alpha value is -3.43. The maximum Gasteiger partial charge on any atom is 0.268 e. The average molecular weight is 480 g/mol. The zero-order valence-electron chi connectivity index (χ0n) is 19.8. The molecule has 0 atom stereocenters. The molecule has 4 aromatic rings. The molecule has 1 N–H and O–H groups in total. The van der Waals surface area contributed by atoms with Crippen LogP contribution in [0.5, 0.6) is 0 Å². The second kappa shape index (κ2) is 9.44. The van der Waals surface area contributed by atoms with Crippen LogP contribution in [-0.4, -0.2) is 40.9 Å². The van der Waals surface area contributed by atoms with Crippen LogP contribution in [0.4, 0.5) is 0 Å². The smallest absolute Gasteiger partial charge is 0.268 e. The molecule has 0 saturated carbocycles. The Bertz CT molecular complexity index is 1430. The lowest BCUT2D eigenvalue weighted by atomic mass is 10.1. The number of aromatic nitrogens is 4. The van der Waals surface area contributed by atoms with E-state index < -0.39 is 15.1 Å². The molecule has 0 bridgehead atoms. The number of aryl methyl sites for hydroxylation is 2. The van der Waals surface area contributed by atoms with Crippen LogP contribution in [0.1, 0.15) is 32.1 Å². The summed E-state index contributed by atoms with van der Waals surface area (Å²) in [4.78, 5) is 9.50. The van der Waals surface area contributed by atoms with E-state index in [4.69, 9.17) is 9.40 Å². The van der Waals surface area contributed by atoms with Gasteiger partial charge in [-0.2, -0.15) is 0 Å². The molecule has 0 aliphatic carbocycles. The Labute approximate surface area is 200 Å². The minimum Gasteiger partial charge on any atom is -0.415 e. The van der Waals surface area contributed by atoms with E-state index >= 15 is 0 Å². The van der Waals surface area contributed by atoms with Crippen molar-refractivity contribution in [2.75, 3.05) is 7.05 Å². The largest absolute Gasteiger partial charge is 0.415 e. The minimum atomic E-state index is -3.36. The maximum absolute atomic E-state index is 12.5. The molecule has 0 aliphatic heterocycles. The average Bonchev–Trinajstić information content (AvgIpc) is 3.30. The quantitative estimate of drug-likeness (QED) is 0.409.